The van der Waals surface area contributed by atoms with Crippen LogP contribution in [0.2, 0.25) is 0 Å². The van der Waals surface area contributed by atoms with Gasteiger partial charge in [0.05, 0.1) is 21.1 Å². The lowest BCUT2D eigenvalue weighted by Crippen LogP contribution is -3.00. The van der Waals surface area contributed by atoms with Crippen molar-refractivity contribution in [1.82, 2.24) is 0 Å². The van der Waals surface area contributed by atoms with Gasteiger partial charge < -0.3 is 27.4 Å². The predicted octanol–water partition coefficient (Wildman–Crippen LogP) is -2.14. The molecule has 5 nitrogen and oxygen atoms in total. The van der Waals surface area contributed by atoms with Crippen LogP contribution in [0.25, 0.3) is 0 Å². The van der Waals surface area contributed by atoms with E-state index in [-0.39, 0.29) is 18.4 Å². The van der Waals surface area contributed by atoms with E-state index in [2.05, 4.69) is 34.3 Å². The fourth-order valence-electron chi connectivity index (χ4n) is 0.535. The van der Waals surface area contributed by atoms with Crippen LogP contribution >= 0.6 is 0 Å². The van der Waals surface area contributed by atoms with E-state index < -0.39 is 5.91 Å². The van der Waals surface area contributed by atoms with E-state index in [4.69, 9.17) is 10.5 Å². The molecular weight excluding hydrogens is 268 g/mol. The second-order valence-electron chi connectivity index (χ2n) is 5.07. The number of hydrogen-bond donors (Lipinski definition) is 1. The lowest BCUT2D eigenvalue weighted by molar-refractivity contribution is -0.870. The number of hydrogen-bond acceptors (Lipinski definition) is 3. The Hall–Kier alpha value is -1.33. The zero-order valence-corrected chi connectivity index (χ0v) is 13.2. The molecule has 19 heavy (non-hydrogen) atoms. The van der Waals surface area contributed by atoms with Crippen LogP contribution in [0.4, 0.5) is 0 Å². The average Bonchev–Trinajstić information content (AvgIpc) is 2.16. The molecular formula is C13H25ClN2O3. The molecule has 0 aromatic carbocycles. The molecule has 0 unspecified atom stereocenters. The number of ether oxygens (including phenoxy) is 1. The summed E-state index contributed by atoms with van der Waals surface area (Å²) in [6, 6.07) is 0. The van der Waals surface area contributed by atoms with Gasteiger partial charge in [-0.1, -0.05) is 13.2 Å². The maximum absolute atomic E-state index is 10.9. The number of likely N-dealkylation sites (N-methyl/N-ethyl adjacent to an activating group) is 1. The number of nitrogens with two attached hydrogens (primary N) is 1. The van der Waals surface area contributed by atoms with Crippen molar-refractivity contribution < 1.29 is 31.2 Å². The Bertz CT molecular complexity index is 321. The molecule has 1 amide bonds. The summed E-state index contributed by atoms with van der Waals surface area (Å²) in [7, 11) is 6.15. The molecule has 0 radical (unpaired) electrons. The minimum Gasteiger partial charge on any atom is -1.00 e. The van der Waals surface area contributed by atoms with E-state index in [0.29, 0.717) is 17.8 Å². The summed E-state index contributed by atoms with van der Waals surface area (Å²) in [6.07, 6.45) is 0. The van der Waals surface area contributed by atoms with E-state index in [0.717, 1.165) is 11.0 Å². The maximum atomic E-state index is 10.9. The molecule has 0 heterocycles. The first-order valence-corrected chi connectivity index (χ1v) is 5.55. The van der Waals surface area contributed by atoms with Crippen molar-refractivity contribution in [2.24, 2.45) is 5.73 Å². The first-order chi connectivity index (χ1) is 7.97. The van der Waals surface area contributed by atoms with Gasteiger partial charge in [0.15, 0.2) is 0 Å². The molecule has 0 aliphatic rings. The number of amides is 1. The fourth-order valence-corrected chi connectivity index (χ4v) is 0.535. The van der Waals surface area contributed by atoms with Crippen LogP contribution in [0, 0.1) is 0 Å². The molecule has 0 rings (SSSR count). The van der Waals surface area contributed by atoms with Crippen LogP contribution < -0.4 is 18.1 Å². The van der Waals surface area contributed by atoms with Crippen LogP contribution in [0.5, 0.6) is 0 Å². The molecule has 0 atom stereocenters. The number of primary amides is 1. The number of esters is 1. The number of quaternary nitrogens is 1. The summed E-state index contributed by atoms with van der Waals surface area (Å²) in [5.41, 5.74) is 5.55. The average molecular weight is 293 g/mol. The Balaban J connectivity index is -0.000000313. The Labute approximate surface area is 122 Å². The number of rotatable bonds is 5. The molecule has 0 aliphatic carbocycles. The van der Waals surface area contributed by atoms with Crippen molar-refractivity contribution in [2.75, 3.05) is 34.3 Å². The van der Waals surface area contributed by atoms with Crippen LogP contribution in [0.1, 0.15) is 13.8 Å². The monoisotopic (exact) mass is 292 g/mol. The summed E-state index contributed by atoms with van der Waals surface area (Å²) in [5, 5.41) is 0. The van der Waals surface area contributed by atoms with Crippen molar-refractivity contribution >= 4 is 11.9 Å². The first-order valence-electron chi connectivity index (χ1n) is 5.55. The molecule has 0 aromatic heterocycles. The largest absolute Gasteiger partial charge is 1.00 e. The number of halogens is 1. The highest BCUT2D eigenvalue weighted by atomic mass is 35.5. The summed E-state index contributed by atoms with van der Waals surface area (Å²) in [5.74, 6) is -0.738. The van der Waals surface area contributed by atoms with Gasteiger partial charge in [-0.05, 0) is 13.8 Å². The summed E-state index contributed by atoms with van der Waals surface area (Å²) in [4.78, 5) is 20.7. The Morgan fingerprint density at radius 3 is 1.68 bits per heavy atom. The van der Waals surface area contributed by atoms with Crippen molar-refractivity contribution in [2.45, 2.75) is 13.8 Å². The molecule has 0 aliphatic heterocycles. The van der Waals surface area contributed by atoms with Gasteiger partial charge in [-0.15, -0.1) is 0 Å². The Morgan fingerprint density at radius 1 is 1.11 bits per heavy atom. The molecule has 0 spiro atoms. The Kier molecular flexibility index (Phi) is 12.7. The zero-order valence-electron chi connectivity index (χ0n) is 12.5. The van der Waals surface area contributed by atoms with Crippen molar-refractivity contribution in [3.8, 4) is 0 Å². The quantitative estimate of drug-likeness (QED) is 0.357. The number of carbonyl (C=O) groups excluding carboxylic acids is 2. The van der Waals surface area contributed by atoms with Crippen LogP contribution in [-0.2, 0) is 14.3 Å². The summed E-state index contributed by atoms with van der Waals surface area (Å²) < 4.78 is 5.72. The Morgan fingerprint density at radius 2 is 1.47 bits per heavy atom. The van der Waals surface area contributed by atoms with Crippen molar-refractivity contribution in [3.05, 3.63) is 24.3 Å². The standard InChI is InChI=1S/C9H18NO2.C4H7NO.ClH/c1-8(2)9(11)12-7-6-10(3,4)5;1-3(2)4(5)6;/h1,6-7H2,2-5H3;1H2,2H3,(H2,5,6);1H/q+1;;/p-1. The van der Waals surface area contributed by atoms with Gasteiger partial charge in [0.2, 0.25) is 5.91 Å². The molecule has 0 bridgehead atoms. The zero-order chi connectivity index (χ0) is 14.9. The van der Waals surface area contributed by atoms with Gasteiger partial charge in [-0.2, -0.15) is 0 Å². The van der Waals surface area contributed by atoms with Gasteiger partial charge in [-0.3, -0.25) is 4.79 Å². The second kappa shape index (κ2) is 10.6. The fraction of sp³-hybridized carbons (Fsp3) is 0.538. The van der Waals surface area contributed by atoms with Gasteiger partial charge in [0.1, 0.15) is 13.2 Å². The van der Waals surface area contributed by atoms with E-state index in [1.807, 2.05) is 0 Å². The number of carbonyl (C=O) groups is 2. The van der Waals surface area contributed by atoms with Crippen molar-refractivity contribution in [1.29, 1.82) is 0 Å². The maximum Gasteiger partial charge on any atom is 0.333 e. The smallest absolute Gasteiger partial charge is 0.333 e. The predicted molar refractivity (Wildman–Crippen MR) is 72.7 cm³/mol. The lowest BCUT2D eigenvalue weighted by Gasteiger charge is -2.23. The van der Waals surface area contributed by atoms with Crippen LogP contribution in [0.3, 0.4) is 0 Å². The molecule has 2 N–H and O–H groups in total. The van der Waals surface area contributed by atoms with Gasteiger partial charge in [-0.25, -0.2) is 4.79 Å². The normalized spacial score (nSPS) is 9.32. The molecule has 0 saturated heterocycles. The molecule has 112 valence electrons. The molecule has 0 saturated carbocycles. The van der Waals surface area contributed by atoms with Crippen molar-refractivity contribution in [3.63, 3.8) is 0 Å². The topological polar surface area (TPSA) is 69.4 Å². The molecule has 6 heteroatoms. The third-order valence-corrected chi connectivity index (χ3v) is 1.76. The second-order valence-corrected chi connectivity index (χ2v) is 5.07. The first kappa shape index (κ1) is 22.8. The van der Waals surface area contributed by atoms with E-state index in [9.17, 15) is 9.59 Å². The molecule has 0 fully saturated rings. The third kappa shape index (κ3) is 19.2. The van der Waals surface area contributed by atoms with Gasteiger partial charge >= 0.3 is 5.97 Å². The van der Waals surface area contributed by atoms with E-state index in [1.165, 1.54) is 0 Å². The highest BCUT2D eigenvalue weighted by molar-refractivity contribution is 5.90. The van der Waals surface area contributed by atoms with E-state index in [1.54, 1.807) is 13.8 Å². The van der Waals surface area contributed by atoms with Gasteiger partial charge in [0, 0.05) is 11.1 Å². The van der Waals surface area contributed by atoms with Crippen LogP contribution in [0.15, 0.2) is 24.3 Å². The van der Waals surface area contributed by atoms with E-state index >= 15 is 0 Å². The van der Waals surface area contributed by atoms with Crippen LogP contribution in [-0.4, -0.2) is 50.7 Å². The molecule has 0 aromatic rings. The SMILES string of the molecule is C=C(C)C(=O)OCC[N+](C)(C)C.C=C(C)C(N)=O.[Cl-]. The summed E-state index contributed by atoms with van der Waals surface area (Å²) in [6.45, 7) is 11.3. The minimum absolute atomic E-state index is 0. The van der Waals surface area contributed by atoms with Gasteiger partial charge in [0.25, 0.3) is 0 Å². The number of nitrogens with zero attached hydrogens (tertiary/aromatic N) is 1. The third-order valence-electron chi connectivity index (χ3n) is 1.76. The minimum atomic E-state index is -0.435. The highest BCUT2D eigenvalue weighted by Crippen LogP contribution is 1.94. The lowest BCUT2D eigenvalue weighted by atomic mass is 10.3. The summed E-state index contributed by atoms with van der Waals surface area (Å²) >= 11 is 0. The highest BCUT2D eigenvalue weighted by Gasteiger charge is 2.09.